The number of nitrogens with zero attached hydrogens (tertiary/aromatic N) is 3. The number of aliphatic carboxylic acids is 1. The minimum Gasteiger partial charge on any atom is -0.478 e. The Bertz CT molecular complexity index is 542. The Morgan fingerprint density at radius 3 is 2.94 bits per heavy atom. The maximum Gasteiger partial charge on any atom is 0.338 e. The SMILES string of the molecule is [N-]=[N+]=N/C(=C\c1ccc2c(c1)OCO2)C(=O)O. The van der Waals surface area contributed by atoms with Gasteiger partial charge in [0, 0.05) is 4.91 Å². The number of carbonyl (C=O) groups is 1. The average molecular weight is 233 g/mol. The molecule has 0 aromatic heterocycles. The highest BCUT2D eigenvalue weighted by atomic mass is 16.7. The second kappa shape index (κ2) is 4.46. The van der Waals surface area contributed by atoms with Gasteiger partial charge in [-0.15, -0.1) is 0 Å². The summed E-state index contributed by atoms with van der Waals surface area (Å²) < 4.78 is 10.3. The summed E-state index contributed by atoms with van der Waals surface area (Å²) in [5.41, 5.74) is 8.40. The molecule has 1 heterocycles. The highest BCUT2D eigenvalue weighted by Gasteiger charge is 2.13. The molecule has 1 aliphatic heterocycles. The standard InChI is InChI=1S/C10H7N3O4/c11-13-12-7(10(14)15)3-6-1-2-8-9(4-6)17-5-16-8/h1-4H,5H2,(H,14,15)/b7-3-. The predicted octanol–water partition coefficient (Wildman–Crippen LogP) is 2.15. The van der Waals surface area contributed by atoms with Gasteiger partial charge in [-0.25, -0.2) is 4.79 Å². The largest absolute Gasteiger partial charge is 0.478 e. The van der Waals surface area contributed by atoms with Crippen LogP contribution in [0.4, 0.5) is 0 Å². The van der Waals surface area contributed by atoms with Crippen LogP contribution in [0.2, 0.25) is 0 Å². The zero-order valence-electron chi connectivity index (χ0n) is 8.53. The molecule has 0 saturated carbocycles. The smallest absolute Gasteiger partial charge is 0.338 e. The topological polar surface area (TPSA) is 105 Å². The quantitative estimate of drug-likeness (QED) is 0.373. The molecule has 1 aromatic rings. The Morgan fingerprint density at radius 2 is 2.24 bits per heavy atom. The van der Waals surface area contributed by atoms with E-state index in [1.807, 2.05) is 0 Å². The molecule has 0 aliphatic carbocycles. The van der Waals surface area contributed by atoms with E-state index in [0.717, 1.165) is 0 Å². The molecule has 0 saturated heterocycles. The normalized spacial score (nSPS) is 13.1. The minimum atomic E-state index is -1.29. The van der Waals surface area contributed by atoms with Crippen LogP contribution < -0.4 is 9.47 Å². The summed E-state index contributed by atoms with van der Waals surface area (Å²) in [5.74, 6) is -0.160. The van der Waals surface area contributed by atoms with Crippen LogP contribution in [0.25, 0.3) is 16.5 Å². The van der Waals surface area contributed by atoms with E-state index < -0.39 is 5.97 Å². The molecule has 7 nitrogen and oxygen atoms in total. The first-order valence-corrected chi connectivity index (χ1v) is 4.60. The van der Waals surface area contributed by atoms with E-state index in [9.17, 15) is 4.79 Å². The van der Waals surface area contributed by atoms with Gasteiger partial charge in [-0.3, -0.25) is 0 Å². The predicted molar refractivity (Wildman–Crippen MR) is 57.3 cm³/mol. The molecule has 0 atom stereocenters. The molecule has 2 rings (SSSR count). The number of carboxylic acids is 1. The van der Waals surface area contributed by atoms with E-state index in [-0.39, 0.29) is 12.5 Å². The van der Waals surface area contributed by atoms with Crippen LogP contribution in [-0.2, 0) is 4.79 Å². The maximum atomic E-state index is 10.7. The third kappa shape index (κ3) is 2.30. The Morgan fingerprint density at radius 1 is 1.47 bits per heavy atom. The number of fused-ring (bicyclic) bond motifs is 1. The third-order valence-electron chi connectivity index (χ3n) is 2.07. The molecule has 0 unspecified atom stereocenters. The molecule has 1 aromatic carbocycles. The van der Waals surface area contributed by atoms with Crippen molar-refractivity contribution < 1.29 is 19.4 Å². The van der Waals surface area contributed by atoms with Crippen LogP contribution in [0, 0.1) is 0 Å². The van der Waals surface area contributed by atoms with Gasteiger partial charge in [0.05, 0.1) is 0 Å². The summed E-state index contributed by atoms with van der Waals surface area (Å²) in [4.78, 5) is 13.2. The molecule has 7 heteroatoms. The molecule has 0 amide bonds. The van der Waals surface area contributed by atoms with Crippen molar-refractivity contribution in [3.63, 3.8) is 0 Å². The monoisotopic (exact) mass is 233 g/mol. The van der Waals surface area contributed by atoms with Gasteiger partial charge in [-0.05, 0) is 29.3 Å². The molecule has 1 aliphatic rings. The molecule has 1 N–H and O–H groups in total. The minimum absolute atomic E-state index is 0.143. The summed E-state index contributed by atoms with van der Waals surface area (Å²) in [6, 6.07) is 4.91. The van der Waals surface area contributed by atoms with Crippen molar-refractivity contribution in [1.82, 2.24) is 0 Å². The second-order valence-corrected chi connectivity index (χ2v) is 3.14. The van der Waals surface area contributed by atoms with Crippen LogP contribution in [0.1, 0.15) is 5.56 Å². The second-order valence-electron chi connectivity index (χ2n) is 3.14. The van der Waals surface area contributed by atoms with E-state index in [1.165, 1.54) is 6.08 Å². The first kappa shape index (κ1) is 10.8. The van der Waals surface area contributed by atoms with Crippen LogP contribution in [0.5, 0.6) is 11.5 Å². The number of hydrogen-bond donors (Lipinski definition) is 1. The lowest BCUT2D eigenvalue weighted by atomic mass is 10.1. The molecular formula is C10H7N3O4. The lowest BCUT2D eigenvalue weighted by molar-refractivity contribution is -0.132. The van der Waals surface area contributed by atoms with Crippen molar-refractivity contribution in [1.29, 1.82) is 0 Å². The van der Waals surface area contributed by atoms with Gasteiger partial charge >= 0.3 is 5.97 Å². The van der Waals surface area contributed by atoms with E-state index in [0.29, 0.717) is 17.1 Å². The maximum absolute atomic E-state index is 10.7. The zero-order chi connectivity index (χ0) is 12.3. The van der Waals surface area contributed by atoms with Gasteiger partial charge in [0.15, 0.2) is 11.5 Å². The molecule has 17 heavy (non-hydrogen) atoms. The summed E-state index contributed by atoms with van der Waals surface area (Å²) in [5, 5.41) is 11.9. The number of rotatable bonds is 3. The fraction of sp³-hybridized carbons (Fsp3) is 0.100. The summed E-state index contributed by atoms with van der Waals surface area (Å²) in [7, 11) is 0. The van der Waals surface area contributed by atoms with E-state index in [4.69, 9.17) is 20.1 Å². The fourth-order valence-corrected chi connectivity index (χ4v) is 1.34. The lowest BCUT2D eigenvalue weighted by Gasteiger charge is -1.98. The van der Waals surface area contributed by atoms with Crippen molar-refractivity contribution in [2.45, 2.75) is 0 Å². The average Bonchev–Trinajstić information content (AvgIpc) is 2.75. The Kier molecular flexibility index (Phi) is 2.85. The van der Waals surface area contributed by atoms with E-state index in [1.54, 1.807) is 18.2 Å². The van der Waals surface area contributed by atoms with Crippen LogP contribution in [-0.4, -0.2) is 17.9 Å². The number of hydrogen-bond acceptors (Lipinski definition) is 4. The molecular weight excluding hydrogens is 226 g/mol. The lowest BCUT2D eigenvalue weighted by Crippen LogP contribution is -1.96. The summed E-state index contributed by atoms with van der Waals surface area (Å²) >= 11 is 0. The van der Waals surface area contributed by atoms with Crippen molar-refractivity contribution in [3.05, 3.63) is 39.9 Å². The van der Waals surface area contributed by atoms with Crippen LogP contribution in [0.15, 0.2) is 29.0 Å². The summed E-state index contributed by atoms with van der Waals surface area (Å²) in [6.45, 7) is 0.143. The van der Waals surface area contributed by atoms with Crippen molar-refractivity contribution in [2.24, 2.45) is 5.11 Å². The highest BCUT2D eigenvalue weighted by Crippen LogP contribution is 2.33. The number of ether oxygens (including phenoxy) is 2. The van der Waals surface area contributed by atoms with Crippen molar-refractivity contribution in [2.75, 3.05) is 6.79 Å². The van der Waals surface area contributed by atoms with Gasteiger partial charge in [-0.1, -0.05) is 11.2 Å². The van der Waals surface area contributed by atoms with Gasteiger partial charge in [0.25, 0.3) is 0 Å². The van der Waals surface area contributed by atoms with Crippen molar-refractivity contribution in [3.8, 4) is 11.5 Å². The van der Waals surface area contributed by atoms with Gasteiger partial charge < -0.3 is 14.6 Å². The van der Waals surface area contributed by atoms with E-state index >= 15 is 0 Å². The first-order chi connectivity index (χ1) is 8.20. The molecule has 86 valence electrons. The molecule has 0 spiro atoms. The number of carboxylic acid groups (broad SMARTS) is 1. The third-order valence-corrected chi connectivity index (χ3v) is 2.07. The van der Waals surface area contributed by atoms with Gasteiger partial charge in [0.2, 0.25) is 6.79 Å². The van der Waals surface area contributed by atoms with Gasteiger partial charge in [0.1, 0.15) is 5.70 Å². The zero-order valence-corrected chi connectivity index (χ0v) is 8.53. The molecule has 0 bridgehead atoms. The highest BCUT2D eigenvalue weighted by molar-refractivity contribution is 5.91. The Balaban J connectivity index is 2.37. The molecule has 0 radical (unpaired) electrons. The van der Waals surface area contributed by atoms with E-state index in [2.05, 4.69) is 10.0 Å². The van der Waals surface area contributed by atoms with Gasteiger partial charge in [-0.2, -0.15) is 0 Å². The first-order valence-electron chi connectivity index (χ1n) is 4.60. The Labute approximate surface area is 95.5 Å². The van der Waals surface area contributed by atoms with Crippen LogP contribution in [0.3, 0.4) is 0 Å². The van der Waals surface area contributed by atoms with Crippen LogP contribution >= 0.6 is 0 Å². The van der Waals surface area contributed by atoms with Crippen molar-refractivity contribution >= 4 is 12.0 Å². The number of azide groups is 1. The summed E-state index contributed by atoms with van der Waals surface area (Å²) in [6.07, 6.45) is 1.25. The Hall–Kier alpha value is -2.66. The fourth-order valence-electron chi connectivity index (χ4n) is 1.34. The number of benzene rings is 1. The molecule has 0 fully saturated rings.